The van der Waals surface area contributed by atoms with Gasteiger partial charge in [0, 0.05) is 41.9 Å². The number of carbonyl (C=O) groups excluding carboxylic acids is 1. The Kier molecular flexibility index (Phi) is 5.52. The van der Waals surface area contributed by atoms with E-state index in [-0.39, 0.29) is 5.91 Å². The molecule has 1 aliphatic heterocycles. The lowest BCUT2D eigenvalue weighted by Gasteiger charge is -2.17. The molecular weight excluding hydrogens is 310 g/mol. The molecule has 2 N–H and O–H groups in total. The van der Waals surface area contributed by atoms with Gasteiger partial charge >= 0.3 is 0 Å². The lowest BCUT2D eigenvalue weighted by molar-refractivity contribution is 0.102. The average Bonchev–Trinajstić information content (AvgIpc) is 3.18. The first-order chi connectivity index (χ1) is 12.3. The molecule has 0 aromatic heterocycles. The van der Waals surface area contributed by atoms with Gasteiger partial charge in [0.25, 0.3) is 5.91 Å². The molecule has 4 nitrogen and oxygen atoms in total. The summed E-state index contributed by atoms with van der Waals surface area (Å²) in [6.07, 6.45) is 7.82. The number of rotatable bonds is 6. The smallest absolute Gasteiger partial charge is 0.255 e. The van der Waals surface area contributed by atoms with E-state index in [1.807, 2.05) is 30.3 Å². The van der Waals surface area contributed by atoms with Crippen LogP contribution in [0.4, 0.5) is 17.1 Å². The van der Waals surface area contributed by atoms with Gasteiger partial charge < -0.3 is 15.5 Å². The van der Waals surface area contributed by atoms with Crippen LogP contribution < -0.4 is 15.5 Å². The predicted octanol–water partition coefficient (Wildman–Crippen LogP) is 4.65. The van der Waals surface area contributed by atoms with E-state index in [9.17, 15) is 4.79 Å². The topological polar surface area (TPSA) is 44.4 Å². The maximum Gasteiger partial charge on any atom is 0.255 e. The number of anilines is 3. The Morgan fingerprint density at radius 3 is 2.24 bits per heavy atom. The second-order valence-electron chi connectivity index (χ2n) is 6.01. The van der Waals surface area contributed by atoms with Crippen LogP contribution in [0.1, 0.15) is 23.2 Å². The Bertz CT molecular complexity index is 742. The van der Waals surface area contributed by atoms with Crippen molar-refractivity contribution in [3.63, 3.8) is 0 Å². The lowest BCUT2D eigenvalue weighted by atomic mass is 10.2. The van der Waals surface area contributed by atoms with E-state index in [1.165, 1.54) is 18.5 Å². The molecule has 3 rings (SSSR count). The first-order valence-corrected chi connectivity index (χ1v) is 8.57. The first-order valence-electron chi connectivity index (χ1n) is 8.57. The molecule has 0 atom stereocenters. The van der Waals surface area contributed by atoms with Crippen molar-refractivity contribution in [1.82, 2.24) is 0 Å². The van der Waals surface area contributed by atoms with Crippen molar-refractivity contribution in [2.45, 2.75) is 12.8 Å². The van der Waals surface area contributed by atoms with Crippen molar-refractivity contribution in [2.24, 2.45) is 0 Å². The SMILES string of the molecule is C=C/C=C\Nc1ccc(C(=O)Nc2ccc(N3CCCC3)cc2)cc1. The standard InChI is InChI=1S/C21H23N3O/c1-2-3-14-22-18-8-6-17(7-9-18)21(25)23-19-10-12-20(13-11-19)24-15-4-5-16-24/h2-3,6-14,22H,1,4-5,15-16H2,(H,23,25)/b14-3-. The summed E-state index contributed by atoms with van der Waals surface area (Å²) < 4.78 is 0. The van der Waals surface area contributed by atoms with E-state index in [0.717, 1.165) is 24.5 Å². The molecule has 1 aliphatic rings. The molecule has 0 bridgehead atoms. The zero-order chi connectivity index (χ0) is 17.5. The van der Waals surface area contributed by atoms with Gasteiger partial charge in [-0.05, 0) is 67.4 Å². The number of nitrogens with one attached hydrogen (secondary N) is 2. The van der Waals surface area contributed by atoms with Crippen molar-refractivity contribution in [2.75, 3.05) is 28.6 Å². The number of benzene rings is 2. The minimum Gasteiger partial charge on any atom is -0.372 e. The Hall–Kier alpha value is -3.01. The first kappa shape index (κ1) is 16.8. The van der Waals surface area contributed by atoms with Crippen LogP contribution in [-0.4, -0.2) is 19.0 Å². The van der Waals surface area contributed by atoms with Crippen LogP contribution in [0.3, 0.4) is 0 Å². The summed E-state index contributed by atoms with van der Waals surface area (Å²) >= 11 is 0. The highest BCUT2D eigenvalue weighted by Crippen LogP contribution is 2.22. The minimum atomic E-state index is -0.109. The van der Waals surface area contributed by atoms with Crippen molar-refractivity contribution in [3.05, 3.63) is 79.0 Å². The Labute approximate surface area is 148 Å². The quantitative estimate of drug-likeness (QED) is 0.756. The molecule has 25 heavy (non-hydrogen) atoms. The normalized spacial score (nSPS) is 13.8. The predicted molar refractivity (Wildman–Crippen MR) is 105 cm³/mol. The van der Waals surface area contributed by atoms with Crippen LogP contribution in [0.5, 0.6) is 0 Å². The maximum absolute atomic E-state index is 12.4. The van der Waals surface area contributed by atoms with E-state index in [4.69, 9.17) is 0 Å². The second kappa shape index (κ2) is 8.20. The molecule has 1 saturated heterocycles. The summed E-state index contributed by atoms with van der Waals surface area (Å²) in [5.41, 5.74) is 3.58. The van der Waals surface area contributed by atoms with Crippen molar-refractivity contribution in [1.29, 1.82) is 0 Å². The van der Waals surface area contributed by atoms with Gasteiger partial charge in [0.05, 0.1) is 0 Å². The van der Waals surface area contributed by atoms with Gasteiger partial charge in [-0.3, -0.25) is 4.79 Å². The molecule has 0 spiro atoms. The molecule has 1 heterocycles. The molecule has 128 valence electrons. The van der Waals surface area contributed by atoms with Crippen LogP contribution in [0.2, 0.25) is 0 Å². The summed E-state index contributed by atoms with van der Waals surface area (Å²) in [5.74, 6) is -0.109. The highest BCUT2D eigenvalue weighted by molar-refractivity contribution is 6.04. The molecule has 2 aromatic rings. The second-order valence-corrected chi connectivity index (χ2v) is 6.01. The molecule has 0 radical (unpaired) electrons. The molecule has 0 unspecified atom stereocenters. The molecular formula is C21H23N3O. The van der Waals surface area contributed by atoms with E-state index in [1.54, 1.807) is 24.4 Å². The van der Waals surface area contributed by atoms with Crippen LogP contribution >= 0.6 is 0 Å². The van der Waals surface area contributed by atoms with Crippen LogP contribution in [0.15, 0.2) is 73.5 Å². The third kappa shape index (κ3) is 4.51. The van der Waals surface area contributed by atoms with Gasteiger partial charge in [0.1, 0.15) is 0 Å². The summed E-state index contributed by atoms with van der Waals surface area (Å²) in [6, 6.07) is 15.4. The van der Waals surface area contributed by atoms with Gasteiger partial charge in [0.2, 0.25) is 0 Å². The third-order valence-corrected chi connectivity index (χ3v) is 4.23. The molecule has 0 aliphatic carbocycles. The fourth-order valence-electron chi connectivity index (χ4n) is 2.86. The van der Waals surface area contributed by atoms with Crippen LogP contribution in [0.25, 0.3) is 0 Å². The van der Waals surface area contributed by atoms with Gasteiger partial charge in [0.15, 0.2) is 0 Å². The summed E-state index contributed by atoms with van der Waals surface area (Å²) in [4.78, 5) is 14.7. The summed E-state index contributed by atoms with van der Waals surface area (Å²) in [5, 5.41) is 6.05. The van der Waals surface area contributed by atoms with E-state index >= 15 is 0 Å². The minimum absolute atomic E-state index is 0.109. The molecule has 1 amide bonds. The highest BCUT2D eigenvalue weighted by atomic mass is 16.1. The number of hydrogen-bond donors (Lipinski definition) is 2. The lowest BCUT2D eigenvalue weighted by Crippen LogP contribution is -2.17. The molecule has 1 fully saturated rings. The molecule has 2 aromatic carbocycles. The maximum atomic E-state index is 12.4. The van der Waals surface area contributed by atoms with Gasteiger partial charge in [-0.15, -0.1) is 0 Å². The Morgan fingerprint density at radius 1 is 0.960 bits per heavy atom. The highest BCUT2D eigenvalue weighted by Gasteiger charge is 2.12. The number of allylic oxidation sites excluding steroid dienone is 2. The fourth-order valence-corrected chi connectivity index (χ4v) is 2.86. The van der Waals surface area contributed by atoms with Crippen LogP contribution in [-0.2, 0) is 0 Å². The van der Waals surface area contributed by atoms with Gasteiger partial charge in [-0.25, -0.2) is 0 Å². The number of hydrogen-bond acceptors (Lipinski definition) is 3. The van der Waals surface area contributed by atoms with Crippen molar-refractivity contribution >= 4 is 23.0 Å². The molecule has 4 heteroatoms. The van der Waals surface area contributed by atoms with E-state index < -0.39 is 0 Å². The number of carbonyl (C=O) groups is 1. The van der Waals surface area contributed by atoms with Gasteiger partial charge in [-0.1, -0.05) is 12.7 Å². The monoisotopic (exact) mass is 333 g/mol. The van der Waals surface area contributed by atoms with Crippen LogP contribution in [0, 0.1) is 0 Å². The Morgan fingerprint density at radius 2 is 1.60 bits per heavy atom. The van der Waals surface area contributed by atoms with E-state index in [2.05, 4.69) is 34.2 Å². The summed E-state index contributed by atoms with van der Waals surface area (Å²) in [7, 11) is 0. The summed E-state index contributed by atoms with van der Waals surface area (Å²) in [6.45, 7) is 5.85. The fraction of sp³-hybridized carbons (Fsp3) is 0.190. The average molecular weight is 333 g/mol. The third-order valence-electron chi connectivity index (χ3n) is 4.23. The zero-order valence-corrected chi connectivity index (χ0v) is 14.2. The number of nitrogens with zero attached hydrogens (tertiary/aromatic N) is 1. The van der Waals surface area contributed by atoms with Gasteiger partial charge in [-0.2, -0.15) is 0 Å². The van der Waals surface area contributed by atoms with E-state index in [0.29, 0.717) is 5.56 Å². The van der Waals surface area contributed by atoms with Crippen molar-refractivity contribution in [3.8, 4) is 0 Å². The Balaban J connectivity index is 1.59. The molecule has 0 saturated carbocycles. The number of amides is 1. The van der Waals surface area contributed by atoms with Crippen molar-refractivity contribution < 1.29 is 4.79 Å². The zero-order valence-electron chi connectivity index (χ0n) is 14.2. The largest absolute Gasteiger partial charge is 0.372 e.